The third-order valence-electron chi connectivity index (χ3n) is 3.04. The van der Waals surface area contributed by atoms with Crippen molar-refractivity contribution in [2.24, 2.45) is 0 Å². The number of nitrogens with one attached hydrogen (secondary N) is 1. The number of hydrogen-bond acceptors (Lipinski definition) is 3. The van der Waals surface area contributed by atoms with Crippen LogP contribution in [0.1, 0.15) is 28.8 Å². The second-order valence-electron chi connectivity index (χ2n) is 4.35. The summed E-state index contributed by atoms with van der Waals surface area (Å²) in [5.41, 5.74) is 0.845. The minimum Gasteiger partial charge on any atom is -0.491 e. The molecule has 2 rings (SSSR count). The number of benzene rings is 1. The highest BCUT2D eigenvalue weighted by atomic mass is 16.5. The molecule has 1 aliphatic rings. The van der Waals surface area contributed by atoms with Crippen molar-refractivity contribution in [3.8, 4) is 5.75 Å². The number of ether oxygens (including phenoxy) is 1. The topological polar surface area (TPSA) is 75.6 Å². The van der Waals surface area contributed by atoms with Gasteiger partial charge >= 0.3 is 5.97 Å². The van der Waals surface area contributed by atoms with Gasteiger partial charge in [-0.25, -0.2) is 4.79 Å². The summed E-state index contributed by atoms with van der Waals surface area (Å²) >= 11 is 0. The highest BCUT2D eigenvalue weighted by Crippen LogP contribution is 2.22. The molecule has 1 aromatic rings. The van der Waals surface area contributed by atoms with Crippen molar-refractivity contribution in [3.05, 3.63) is 29.3 Å². The molecule has 0 radical (unpaired) electrons. The lowest BCUT2D eigenvalue weighted by atomic mass is 10.1. The maximum atomic E-state index is 11.0. The molecule has 1 aromatic carbocycles. The molecule has 18 heavy (non-hydrogen) atoms. The van der Waals surface area contributed by atoms with Crippen LogP contribution < -0.4 is 10.1 Å². The first-order valence-corrected chi connectivity index (χ1v) is 5.83. The third-order valence-corrected chi connectivity index (χ3v) is 3.04. The van der Waals surface area contributed by atoms with Gasteiger partial charge < -0.3 is 15.2 Å². The smallest absolute Gasteiger partial charge is 0.336 e. The summed E-state index contributed by atoms with van der Waals surface area (Å²) in [5.74, 6) is -0.372. The summed E-state index contributed by atoms with van der Waals surface area (Å²) in [6.45, 7) is 2.08. The van der Waals surface area contributed by atoms with E-state index in [0.29, 0.717) is 24.3 Å². The Bertz CT molecular complexity index is 484. The fourth-order valence-corrected chi connectivity index (χ4v) is 2.00. The van der Waals surface area contributed by atoms with Crippen LogP contribution >= 0.6 is 0 Å². The second-order valence-corrected chi connectivity index (χ2v) is 4.35. The quantitative estimate of drug-likeness (QED) is 0.844. The van der Waals surface area contributed by atoms with E-state index in [4.69, 9.17) is 9.84 Å². The molecular formula is C13H15NO4. The molecule has 2 N–H and O–H groups in total. The van der Waals surface area contributed by atoms with Gasteiger partial charge in [0, 0.05) is 12.0 Å². The van der Waals surface area contributed by atoms with Gasteiger partial charge in [0.05, 0.1) is 11.6 Å². The zero-order valence-corrected chi connectivity index (χ0v) is 10.1. The molecule has 1 atom stereocenters. The largest absolute Gasteiger partial charge is 0.491 e. The van der Waals surface area contributed by atoms with Crippen molar-refractivity contribution in [1.82, 2.24) is 5.32 Å². The molecular weight excluding hydrogens is 234 g/mol. The van der Waals surface area contributed by atoms with Gasteiger partial charge in [-0.1, -0.05) is 6.07 Å². The van der Waals surface area contributed by atoms with Gasteiger partial charge in [0.1, 0.15) is 12.4 Å². The second kappa shape index (κ2) is 5.08. The number of aromatic carboxylic acids is 1. The van der Waals surface area contributed by atoms with Gasteiger partial charge in [0.25, 0.3) is 0 Å². The molecule has 0 aromatic heterocycles. The molecule has 1 aliphatic heterocycles. The minimum atomic E-state index is -0.966. The molecule has 0 aliphatic carbocycles. The zero-order chi connectivity index (χ0) is 13.1. The van der Waals surface area contributed by atoms with E-state index in [0.717, 1.165) is 6.42 Å². The lowest BCUT2D eigenvalue weighted by Crippen LogP contribution is -2.31. The number of amides is 1. The molecule has 0 saturated carbocycles. The van der Waals surface area contributed by atoms with Crippen molar-refractivity contribution < 1.29 is 19.4 Å². The SMILES string of the molecule is Cc1c(OCC2CCC(=O)N2)cccc1C(=O)O. The van der Waals surface area contributed by atoms with Crippen LogP contribution in [0.3, 0.4) is 0 Å². The first kappa shape index (κ1) is 12.4. The van der Waals surface area contributed by atoms with E-state index in [2.05, 4.69) is 5.32 Å². The minimum absolute atomic E-state index is 0.0189. The molecule has 1 saturated heterocycles. The monoisotopic (exact) mass is 249 g/mol. The van der Waals surface area contributed by atoms with Gasteiger partial charge in [-0.05, 0) is 25.5 Å². The number of carboxylic acids is 1. The maximum Gasteiger partial charge on any atom is 0.336 e. The number of hydrogen-bond donors (Lipinski definition) is 2. The molecule has 0 spiro atoms. The molecule has 1 fully saturated rings. The van der Waals surface area contributed by atoms with Gasteiger partial charge in [0.15, 0.2) is 0 Å². The van der Waals surface area contributed by atoms with Crippen LogP contribution in [-0.2, 0) is 4.79 Å². The Balaban J connectivity index is 2.03. The predicted octanol–water partition coefficient (Wildman–Crippen LogP) is 1.35. The molecule has 96 valence electrons. The van der Waals surface area contributed by atoms with Crippen LogP contribution in [0.2, 0.25) is 0 Å². The van der Waals surface area contributed by atoms with Gasteiger partial charge in [-0.2, -0.15) is 0 Å². The molecule has 1 heterocycles. The highest BCUT2D eigenvalue weighted by Gasteiger charge is 2.21. The van der Waals surface area contributed by atoms with Crippen LogP contribution in [0.4, 0.5) is 0 Å². The summed E-state index contributed by atoms with van der Waals surface area (Å²) in [4.78, 5) is 22.0. The highest BCUT2D eigenvalue weighted by molar-refractivity contribution is 5.90. The Morgan fingerprint density at radius 1 is 1.56 bits per heavy atom. The molecule has 1 unspecified atom stereocenters. The van der Waals surface area contributed by atoms with Crippen molar-refractivity contribution in [2.75, 3.05) is 6.61 Å². The molecule has 0 bridgehead atoms. The average Bonchev–Trinajstić information content (AvgIpc) is 2.73. The Kier molecular flexibility index (Phi) is 3.50. The van der Waals surface area contributed by atoms with Gasteiger partial charge in [-0.3, -0.25) is 4.79 Å². The van der Waals surface area contributed by atoms with Crippen LogP contribution in [0.25, 0.3) is 0 Å². The van der Waals surface area contributed by atoms with Crippen LogP contribution in [0.15, 0.2) is 18.2 Å². The van der Waals surface area contributed by atoms with E-state index in [9.17, 15) is 9.59 Å². The first-order valence-electron chi connectivity index (χ1n) is 5.83. The van der Waals surface area contributed by atoms with Crippen molar-refractivity contribution in [1.29, 1.82) is 0 Å². The number of rotatable bonds is 4. The van der Waals surface area contributed by atoms with Gasteiger partial charge in [-0.15, -0.1) is 0 Å². The summed E-state index contributed by atoms with van der Waals surface area (Å²) in [6, 6.07) is 4.95. The summed E-state index contributed by atoms with van der Waals surface area (Å²) in [5, 5.41) is 11.8. The Labute approximate surface area is 105 Å². The van der Waals surface area contributed by atoms with E-state index in [-0.39, 0.29) is 17.5 Å². The first-order chi connectivity index (χ1) is 8.58. The van der Waals surface area contributed by atoms with Crippen LogP contribution in [-0.4, -0.2) is 29.6 Å². The number of carbonyl (C=O) groups excluding carboxylic acids is 1. The average molecular weight is 249 g/mol. The Morgan fingerprint density at radius 2 is 2.33 bits per heavy atom. The molecule has 1 amide bonds. The van der Waals surface area contributed by atoms with Gasteiger partial charge in [0.2, 0.25) is 5.91 Å². The Morgan fingerprint density at radius 3 is 2.94 bits per heavy atom. The van der Waals surface area contributed by atoms with Crippen molar-refractivity contribution >= 4 is 11.9 Å². The Hall–Kier alpha value is -2.04. The normalized spacial score (nSPS) is 18.5. The maximum absolute atomic E-state index is 11.0. The lowest BCUT2D eigenvalue weighted by molar-refractivity contribution is -0.119. The predicted molar refractivity (Wildman–Crippen MR) is 64.8 cm³/mol. The number of carbonyl (C=O) groups is 2. The van der Waals surface area contributed by atoms with Crippen molar-refractivity contribution in [3.63, 3.8) is 0 Å². The van der Waals surface area contributed by atoms with E-state index < -0.39 is 5.97 Å². The van der Waals surface area contributed by atoms with E-state index >= 15 is 0 Å². The van der Waals surface area contributed by atoms with E-state index in [1.54, 1.807) is 25.1 Å². The standard InChI is InChI=1S/C13H15NO4/c1-8-10(13(16)17)3-2-4-11(8)18-7-9-5-6-12(15)14-9/h2-4,9H,5-7H2,1H3,(H,14,15)(H,16,17). The third kappa shape index (κ3) is 2.61. The zero-order valence-electron chi connectivity index (χ0n) is 10.1. The summed E-state index contributed by atoms with van der Waals surface area (Å²) in [7, 11) is 0. The summed E-state index contributed by atoms with van der Waals surface area (Å²) < 4.78 is 5.58. The van der Waals surface area contributed by atoms with Crippen molar-refractivity contribution in [2.45, 2.75) is 25.8 Å². The molecule has 5 heteroatoms. The fourth-order valence-electron chi connectivity index (χ4n) is 2.00. The van der Waals surface area contributed by atoms with Crippen LogP contribution in [0, 0.1) is 6.92 Å². The number of carboxylic acid groups (broad SMARTS) is 1. The molecule has 5 nitrogen and oxygen atoms in total. The van der Waals surface area contributed by atoms with E-state index in [1.807, 2.05) is 0 Å². The van der Waals surface area contributed by atoms with Crippen LogP contribution in [0.5, 0.6) is 5.75 Å². The lowest BCUT2D eigenvalue weighted by Gasteiger charge is -2.14. The van der Waals surface area contributed by atoms with E-state index in [1.165, 1.54) is 0 Å². The summed E-state index contributed by atoms with van der Waals surface area (Å²) in [6.07, 6.45) is 1.29. The fraction of sp³-hybridized carbons (Fsp3) is 0.385.